The van der Waals surface area contributed by atoms with E-state index in [9.17, 15) is 0 Å². The van der Waals surface area contributed by atoms with Crippen LogP contribution < -0.4 is 5.73 Å². The molecule has 0 aromatic heterocycles. The van der Waals surface area contributed by atoms with Crippen molar-refractivity contribution in [3.8, 4) is 0 Å². The van der Waals surface area contributed by atoms with Crippen LogP contribution >= 0.6 is 0 Å². The normalized spacial score (nSPS) is 26.3. The van der Waals surface area contributed by atoms with E-state index in [2.05, 4.69) is 23.9 Å². The Labute approximate surface area is 80.6 Å². The molecule has 1 rings (SSSR count). The molecule has 1 atom stereocenters. The van der Waals surface area contributed by atoms with Crippen LogP contribution in [0.2, 0.25) is 0 Å². The molecule has 13 heavy (non-hydrogen) atoms. The summed E-state index contributed by atoms with van der Waals surface area (Å²) in [5, 5.41) is 0. The Morgan fingerprint density at radius 2 is 2.31 bits per heavy atom. The fraction of sp³-hybridized carbons (Fsp3) is 1.00. The molecule has 4 heteroatoms. The van der Waals surface area contributed by atoms with Crippen LogP contribution in [0.15, 0.2) is 0 Å². The van der Waals surface area contributed by atoms with Crippen LogP contribution in [0.4, 0.5) is 0 Å². The van der Waals surface area contributed by atoms with Crippen LogP contribution in [0, 0.1) is 0 Å². The van der Waals surface area contributed by atoms with Gasteiger partial charge < -0.3 is 15.4 Å². The quantitative estimate of drug-likeness (QED) is 0.628. The molecule has 2 N–H and O–H groups in total. The molecule has 0 spiro atoms. The van der Waals surface area contributed by atoms with Crippen molar-refractivity contribution in [3.63, 3.8) is 0 Å². The lowest BCUT2D eigenvalue weighted by Gasteiger charge is -2.22. The van der Waals surface area contributed by atoms with Crippen LogP contribution in [0.5, 0.6) is 0 Å². The Balaban J connectivity index is 2.22. The highest BCUT2D eigenvalue weighted by Gasteiger charge is 2.14. The first-order valence-electron chi connectivity index (χ1n) is 4.89. The molecule has 1 fully saturated rings. The molecule has 0 aromatic carbocycles. The summed E-state index contributed by atoms with van der Waals surface area (Å²) in [5.74, 6) is 0. The van der Waals surface area contributed by atoms with Gasteiger partial charge >= 0.3 is 0 Å². The maximum absolute atomic E-state index is 5.85. The molecule has 4 nitrogen and oxygen atoms in total. The molecule has 1 unspecified atom stereocenters. The highest BCUT2D eigenvalue weighted by molar-refractivity contribution is 4.71. The zero-order valence-corrected chi connectivity index (χ0v) is 8.70. The summed E-state index contributed by atoms with van der Waals surface area (Å²) >= 11 is 0. The van der Waals surface area contributed by atoms with Crippen LogP contribution in [0.1, 0.15) is 0 Å². The Kier molecular flexibility index (Phi) is 4.66. The molecule has 0 saturated carbocycles. The fourth-order valence-corrected chi connectivity index (χ4v) is 1.45. The van der Waals surface area contributed by atoms with Crippen LogP contribution in [-0.4, -0.2) is 69.3 Å². The first kappa shape index (κ1) is 10.9. The van der Waals surface area contributed by atoms with Crippen molar-refractivity contribution in [3.05, 3.63) is 0 Å². The van der Waals surface area contributed by atoms with Crippen molar-refractivity contribution in [2.24, 2.45) is 5.73 Å². The topological polar surface area (TPSA) is 41.7 Å². The maximum Gasteiger partial charge on any atom is 0.0630 e. The van der Waals surface area contributed by atoms with Crippen molar-refractivity contribution >= 4 is 0 Å². The molecule has 0 radical (unpaired) electrons. The molecule has 0 bridgehead atoms. The second-order valence-electron chi connectivity index (χ2n) is 3.94. The van der Waals surface area contributed by atoms with E-state index in [1.54, 1.807) is 0 Å². The SMILES string of the molecule is CN(C)CCN1CCOCC(N)C1. The van der Waals surface area contributed by atoms with Gasteiger partial charge in [-0.25, -0.2) is 0 Å². The van der Waals surface area contributed by atoms with Gasteiger partial charge in [-0.2, -0.15) is 0 Å². The predicted molar refractivity (Wildman–Crippen MR) is 53.8 cm³/mol. The minimum Gasteiger partial charge on any atom is -0.378 e. The zero-order chi connectivity index (χ0) is 9.68. The minimum absolute atomic E-state index is 0.185. The second kappa shape index (κ2) is 5.54. The molecule has 1 heterocycles. The van der Waals surface area contributed by atoms with Crippen molar-refractivity contribution in [1.82, 2.24) is 9.80 Å². The third-order valence-electron chi connectivity index (χ3n) is 2.24. The first-order chi connectivity index (χ1) is 6.18. The average Bonchev–Trinajstić information content (AvgIpc) is 2.26. The van der Waals surface area contributed by atoms with E-state index in [4.69, 9.17) is 10.5 Å². The second-order valence-corrected chi connectivity index (χ2v) is 3.94. The number of rotatable bonds is 3. The Hall–Kier alpha value is -0.160. The molecule has 0 aliphatic carbocycles. The number of ether oxygens (including phenoxy) is 1. The smallest absolute Gasteiger partial charge is 0.0630 e. The van der Waals surface area contributed by atoms with Crippen molar-refractivity contribution in [1.29, 1.82) is 0 Å². The highest BCUT2D eigenvalue weighted by Crippen LogP contribution is 1.97. The molecule has 1 aliphatic heterocycles. The van der Waals surface area contributed by atoms with Gasteiger partial charge in [0.05, 0.1) is 13.2 Å². The first-order valence-corrected chi connectivity index (χ1v) is 4.89. The van der Waals surface area contributed by atoms with Gasteiger partial charge in [0.25, 0.3) is 0 Å². The third-order valence-corrected chi connectivity index (χ3v) is 2.24. The van der Waals surface area contributed by atoms with E-state index in [0.717, 1.165) is 32.8 Å². The fourth-order valence-electron chi connectivity index (χ4n) is 1.45. The van der Waals surface area contributed by atoms with E-state index >= 15 is 0 Å². The maximum atomic E-state index is 5.85. The average molecular weight is 187 g/mol. The molecular weight excluding hydrogens is 166 g/mol. The summed E-state index contributed by atoms with van der Waals surface area (Å²) in [6.07, 6.45) is 0. The van der Waals surface area contributed by atoms with Crippen molar-refractivity contribution < 1.29 is 4.74 Å². The lowest BCUT2D eigenvalue weighted by Crippen LogP contribution is -2.40. The Morgan fingerprint density at radius 3 is 3.00 bits per heavy atom. The Morgan fingerprint density at radius 1 is 1.54 bits per heavy atom. The summed E-state index contributed by atoms with van der Waals surface area (Å²) in [5.41, 5.74) is 5.85. The molecular formula is C9H21N3O. The monoisotopic (exact) mass is 187 g/mol. The van der Waals surface area contributed by atoms with Gasteiger partial charge in [-0.05, 0) is 14.1 Å². The van der Waals surface area contributed by atoms with Crippen molar-refractivity contribution in [2.45, 2.75) is 6.04 Å². The van der Waals surface area contributed by atoms with Gasteiger partial charge in [0, 0.05) is 32.2 Å². The van der Waals surface area contributed by atoms with Crippen LogP contribution in [-0.2, 0) is 4.74 Å². The number of hydrogen-bond donors (Lipinski definition) is 1. The number of hydrogen-bond acceptors (Lipinski definition) is 4. The summed E-state index contributed by atoms with van der Waals surface area (Å²) in [6, 6.07) is 0.185. The standard InChI is InChI=1S/C9H21N3O/c1-11(2)3-4-12-5-6-13-8-9(10)7-12/h9H,3-8,10H2,1-2H3. The third kappa shape index (κ3) is 4.57. The predicted octanol–water partition coefficient (Wildman–Crippen LogP) is -0.792. The number of likely N-dealkylation sites (N-methyl/N-ethyl adjacent to an activating group) is 1. The van der Waals surface area contributed by atoms with Gasteiger partial charge in [0.2, 0.25) is 0 Å². The molecule has 1 aliphatic rings. The summed E-state index contributed by atoms with van der Waals surface area (Å²) in [6.45, 7) is 5.69. The van der Waals surface area contributed by atoms with Crippen LogP contribution in [0.3, 0.4) is 0 Å². The van der Waals surface area contributed by atoms with E-state index < -0.39 is 0 Å². The minimum atomic E-state index is 0.185. The highest BCUT2D eigenvalue weighted by atomic mass is 16.5. The zero-order valence-electron chi connectivity index (χ0n) is 8.70. The van der Waals surface area contributed by atoms with Crippen LogP contribution in [0.25, 0.3) is 0 Å². The molecule has 0 aromatic rings. The molecule has 1 saturated heterocycles. The van der Waals surface area contributed by atoms with E-state index in [0.29, 0.717) is 6.61 Å². The van der Waals surface area contributed by atoms with Gasteiger partial charge in [-0.1, -0.05) is 0 Å². The van der Waals surface area contributed by atoms with Gasteiger partial charge in [-0.15, -0.1) is 0 Å². The lowest BCUT2D eigenvalue weighted by molar-refractivity contribution is 0.135. The number of nitrogens with zero attached hydrogens (tertiary/aromatic N) is 2. The largest absolute Gasteiger partial charge is 0.378 e. The van der Waals surface area contributed by atoms with Gasteiger partial charge in [-0.3, -0.25) is 4.90 Å². The van der Waals surface area contributed by atoms with E-state index in [1.807, 2.05) is 0 Å². The van der Waals surface area contributed by atoms with E-state index in [1.165, 1.54) is 0 Å². The molecule has 0 amide bonds. The summed E-state index contributed by atoms with van der Waals surface area (Å²) in [7, 11) is 4.18. The van der Waals surface area contributed by atoms with Gasteiger partial charge in [0.15, 0.2) is 0 Å². The summed E-state index contributed by atoms with van der Waals surface area (Å²) < 4.78 is 5.36. The Bertz CT molecular complexity index is 141. The summed E-state index contributed by atoms with van der Waals surface area (Å²) in [4.78, 5) is 4.56. The van der Waals surface area contributed by atoms with Gasteiger partial charge in [0.1, 0.15) is 0 Å². The van der Waals surface area contributed by atoms with E-state index in [-0.39, 0.29) is 6.04 Å². The lowest BCUT2D eigenvalue weighted by atomic mass is 10.3. The van der Waals surface area contributed by atoms with Crippen molar-refractivity contribution in [2.75, 3.05) is 53.5 Å². The number of nitrogens with two attached hydrogens (primary N) is 1. The molecule has 78 valence electrons.